The van der Waals surface area contributed by atoms with Crippen molar-refractivity contribution >= 4 is 23.3 Å². The van der Waals surface area contributed by atoms with E-state index in [0.29, 0.717) is 12.4 Å². The number of anilines is 1. The van der Waals surface area contributed by atoms with E-state index < -0.39 is 16.8 Å². The van der Waals surface area contributed by atoms with Gasteiger partial charge in [-0.2, -0.15) is 5.10 Å². The fourth-order valence-corrected chi connectivity index (χ4v) is 2.05. The Bertz CT molecular complexity index is 801. The lowest BCUT2D eigenvalue weighted by molar-refractivity contribution is -0.384. The van der Waals surface area contributed by atoms with Crippen LogP contribution in [0.15, 0.2) is 30.6 Å². The predicted octanol–water partition coefficient (Wildman–Crippen LogP) is 1.92. The van der Waals surface area contributed by atoms with Crippen LogP contribution in [-0.4, -0.2) is 38.3 Å². The Morgan fingerprint density at radius 2 is 2.20 bits per heavy atom. The molecule has 1 heterocycles. The number of carbonyl (C=O) groups excluding carboxylic acids is 1. The van der Waals surface area contributed by atoms with Crippen molar-refractivity contribution in [3.63, 3.8) is 0 Å². The molecule has 132 valence electrons. The van der Waals surface area contributed by atoms with Gasteiger partial charge in [0.1, 0.15) is 11.4 Å². The molecule has 0 spiro atoms. The molecule has 2 rings (SSSR count). The Balaban J connectivity index is 2.01. The monoisotopic (exact) mass is 348 g/mol. The third-order valence-electron chi connectivity index (χ3n) is 3.20. The number of amides is 1. The Morgan fingerprint density at radius 3 is 2.80 bits per heavy atom. The first kappa shape index (κ1) is 17.9. The minimum Gasteiger partial charge on any atom is -0.494 e. The van der Waals surface area contributed by atoms with Gasteiger partial charge in [0.15, 0.2) is 0 Å². The highest BCUT2D eigenvalue weighted by molar-refractivity contribution is 5.93. The van der Waals surface area contributed by atoms with Gasteiger partial charge in [-0.25, -0.2) is 4.79 Å². The maximum Gasteiger partial charge on any atom is 0.338 e. The van der Waals surface area contributed by atoms with Crippen LogP contribution < -0.4 is 10.1 Å². The summed E-state index contributed by atoms with van der Waals surface area (Å²) in [5.74, 6) is -1.23. The van der Waals surface area contributed by atoms with Crippen molar-refractivity contribution in [1.82, 2.24) is 9.78 Å². The molecule has 0 aliphatic heterocycles. The van der Waals surface area contributed by atoms with E-state index in [2.05, 4.69) is 10.4 Å². The minimum absolute atomic E-state index is 0.0163. The molecule has 1 aromatic heterocycles. The Hall–Kier alpha value is -3.43. The number of hydrogen-bond acceptors (Lipinski definition) is 6. The average Bonchev–Trinajstić information content (AvgIpc) is 3.04. The largest absolute Gasteiger partial charge is 0.494 e. The molecule has 2 N–H and O–H groups in total. The molecule has 2 aromatic rings. The number of carboxylic acid groups (broad SMARTS) is 1. The van der Waals surface area contributed by atoms with Crippen LogP contribution in [0.2, 0.25) is 0 Å². The molecular weight excluding hydrogens is 332 g/mol. The summed E-state index contributed by atoms with van der Waals surface area (Å²) in [5.41, 5.74) is -0.195. The molecule has 25 heavy (non-hydrogen) atoms. The first-order valence-electron chi connectivity index (χ1n) is 7.37. The molecule has 0 unspecified atom stereocenters. The van der Waals surface area contributed by atoms with Crippen LogP contribution >= 0.6 is 0 Å². The number of benzene rings is 1. The van der Waals surface area contributed by atoms with E-state index in [9.17, 15) is 19.7 Å². The molecule has 10 heteroatoms. The highest BCUT2D eigenvalue weighted by Gasteiger charge is 2.17. The summed E-state index contributed by atoms with van der Waals surface area (Å²) >= 11 is 0. The number of carboxylic acids is 1. The fraction of sp³-hybridized carbons (Fsp3) is 0.267. The van der Waals surface area contributed by atoms with Crippen molar-refractivity contribution in [3.8, 4) is 5.75 Å². The van der Waals surface area contributed by atoms with E-state index in [4.69, 9.17) is 9.84 Å². The SMILES string of the molecule is CCOc1ccc(NC(=O)CCn2cc(C(=O)O)cn2)c([N+](=O)[O-])c1. The number of ether oxygens (including phenoxy) is 1. The van der Waals surface area contributed by atoms with Gasteiger partial charge in [-0.3, -0.25) is 19.6 Å². The van der Waals surface area contributed by atoms with E-state index >= 15 is 0 Å². The van der Waals surface area contributed by atoms with Gasteiger partial charge < -0.3 is 15.2 Å². The third kappa shape index (κ3) is 4.77. The lowest BCUT2D eigenvalue weighted by Gasteiger charge is -2.08. The number of hydrogen-bond donors (Lipinski definition) is 2. The van der Waals surface area contributed by atoms with E-state index in [1.165, 1.54) is 35.3 Å². The quantitative estimate of drug-likeness (QED) is 0.549. The first-order valence-corrected chi connectivity index (χ1v) is 7.37. The zero-order valence-corrected chi connectivity index (χ0v) is 13.3. The van der Waals surface area contributed by atoms with Crippen LogP contribution in [0.3, 0.4) is 0 Å². The second-order valence-electron chi connectivity index (χ2n) is 4.96. The maximum atomic E-state index is 12.0. The highest BCUT2D eigenvalue weighted by Crippen LogP contribution is 2.29. The van der Waals surface area contributed by atoms with E-state index in [-0.39, 0.29) is 29.9 Å². The van der Waals surface area contributed by atoms with Gasteiger partial charge in [-0.05, 0) is 19.1 Å². The second-order valence-corrected chi connectivity index (χ2v) is 4.96. The molecule has 0 bridgehead atoms. The number of aromatic nitrogens is 2. The van der Waals surface area contributed by atoms with Crippen LogP contribution in [-0.2, 0) is 11.3 Å². The van der Waals surface area contributed by atoms with Gasteiger partial charge in [-0.15, -0.1) is 0 Å². The Labute approximate surface area is 142 Å². The summed E-state index contributed by atoms with van der Waals surface area (Å²) < 4.78 is 6.52. The number of aromatic carboxylic acids is 1. The molecule has 10 nitrogen and oxygen atoms in total. The van der Waals surface area contributed by atoms with Gasteiger partial charge >= 0.3 is 5.97 Å². The Morgan fingerprint density at radius 1 is 1.44 bits per heavy atom. The van der Waals surface area contributed by atoms with E-state index in [0.717, 1.165) is 0 Å². The van der Waals surface area contributed by atoms with Crippen molar-refractivity contribution < 1.29 is 24.4 Å². The molecular formula is C15H16N4O6. The van der Waals surface area contributed by atoms with Gasteiger partial charge in [0.25, 0.3) is 5.69 Å². The molecule has 1 aromatic carbocycles. The number of rotatable bonds is 8. The molecule has 0 fully saturated rings. The van der Waals surface area contributed by atoms with Crippen LogP contribution in [0.5, 0.6) is 5.75 Å². The first-order chi connectivity index (χ1) is 11.9. The van der Waals surface area contributed by atoms with E-state index in [1.54, 1.807) is 6.92 Å². The van der Waals surface area contributed by atoms with Crippen LogP contribution in [0.1, 0.15) is 23.7 Å². The molecule has 0 radical (unpaired) electrons. The number of nitrogens with one attached hydrogen (secondary N) is 1. The fourth-order valence-electron chi connectivity index (χ4n) is 2.05. The molecule has 1 amide bonds. The summed E-state index contributed by atoms with van der Waals surface area (Å²) in [7, 11) is 0. The second kappa shape index (κ2) is 7.90. The van der Waals surface area contributed by atoms with Crippen LogP contribution in [0, 0.1) is 10.1 Å². The van der Waals surface area contributed by atoms with Crippen molar-refractivity contribution in [2.45, 2.75) is 19.9 Å². The summed E-state index contributed by atoms with van der Waals surface area (Å²) in [6.07, 6.45) is 2.46. The molecule has 0 saturated heterocycles. The standard InChI is InChI=1S/C15H16N4O6/c1-2-25-11-3-4-12(13(7-11)19(23)24)17-14(20)5-6-18-9-10(8-16-18)15(21)22/h3-4,7-9H,2,5-6H2,1H3,(H,17,20)(H,21,22). The van der Waals surface area contributed by atoms with Gasteiger partial charge in [0.05, 0.1) is 29.4 Å². The van der Waals surface area contributed by atoms with Crippen LogP contribution in [0.25, 0.3) is 0 Å². The van der Waals surface area contributed by atoms with Crippen molar-refractivity contribution in [2.24, 2.45) is 0 Å². The van der Waals surface area contributed by atoms with E-state index in [1.807, 2.05) is 0 Å². The smallest absolute Gasteiger partial charge is 0.338 e. The van der Waals surface area contributed by atoms with Gasteiger partial charge in [0.2, 0.25) is 5.91 Å². The van der Waals surface area contributed by atoms with Gasteiger partial charge in [-0.1, -0.05) is 0 Å². The topological polar surface area (TPSA) is 137 Å². The number of nitro groups is 1. The minimum atomic E-state index is -1.11. The molecule has 0 saturated carbocycles. The number of carbonyl (C=O) groups is 2. The Kier molecular flexibility index (Phi) is 5.66. The normalized spacial score (nSPS) is 10.3. The zero-order valence-electron chi connectivity index (χ0n) is 13.3. The molecule has 0 atom stereocenters. The number of nitro benzene ring substituents is 1. The summed E-state index contributed by atoms with van der Waals surface area (Å²) in [6, 6.07) is 4.17. The number of aryl methyl sites for hydroxylation is 1. The lowest BCUT2D eigenvalue weighted by Crippen LogP contribution is -2.15. The van der Waals surface area contributed by atoms with Crippen molar-refractivity contribution in [2.75, 3.05) is 11.9 Å². The maximum absolute atomic E-state index is 12.0. The summed E-state index contributed by atoms with van der Waals surface area (Å²) in [4.78, 5) is 33.3. The third-order valence-corrected chi connectivity index (χ3v) is 3.20. The van der Waals surface area contributed by atoms with Crippen molar-refractivity contribution in [3.05, 3.63) is 46.3 Å². The molecule has 0 aliphatic carbocycles. The zero-order chi connectivity index (χ0) is 18.4. The lowest BCUT2D eigenvalue weighted by atomic mass is 10.2. The highest BCUT2D eigenvalue weighted by atomic mass is 16.6. The average molecular weight is 348 g/mol. The summed E-state index contributed by atoms with van der Waals surface area (Å²) in [6.45, 7) is 2.27. The van der Waals surface area contributed by atoms with Crippen LogP contribution in [0.4, 0.5) is 11.4 Å². The van der Waals surface area contributed by atoms with Crippen molar-refractivity contribution in [1.29, 1.82) is 0 Å². The predicted molar refractivity (Wildman–Crippen MR) is 86.7 cm³/mol. The number of nitrogens with zero attached hydrogens (tertiary/aromatic N) is 3. The molecule has 0 aliphatic rings. The summed E-state index contributed by atoms with van der Waals surface area (Å²) in [5, 5.41) is 26.2. The van der Waals surface area contributed by atoms with Gasteiger partial charge in [0, 0.05) is 19.2 Å².